The van der Waals surface area contributed by atoms with Crippen molar-refractivity contribution in [2.45, 2.75) is 19.6 Å². The van der Waals surface area contributed by atoms with E-state index in [0.717, 1.165) is 22.1 Å². The topological polar surface area (TPSA) is 64.5 Å². The van der Waals surface area contributed by atoms with Crippen LogP contribution in [0.5, 0.6) is 5.75 Å². The van der Waals surface area contributed by atoms with Gasteiger partial charge >= 0.3 is 0 Å². The molecular weight excluding hydrogens is 282 g/mol. The molecule has 0 radical (unpaired) electrons. The maximum absolute atomic E-state index is 5.72. The van der Waals surface area contributed by atoms with Gasteiger partial charge in [-0.15, -0.1) is 11.8 Å². The van der Waals surface area contributed by atoms with E-state index in [1.165, 1.54) is 16.8 Å². The van der Waals surface area contributed by atoms with Crippen LogP contribution in [-0.4, -0.2) is 12.1 Å². The van der Waals surface area contributed by atoms with Crippen LogP contribution in [0.3, 0.4) is 0 Å². The number of hydrogen-bond donors (Lipinski definition) is 2. The molecule has 21 heavy (non-hydrogen) atoms. The van der Waals surface area contributed by atoms with Crippen molar-refractivity contribution in [2.75, 3.05) is 7.11 Å². The molecule has 1 heterocycles. The minimum atomic E-state index is 0.791. The van der Waals surface area contributed by atoms with Crippen LogP contribution in [0.4, 0.5) is 0 Å². The van der Waals surface area contributed by atoms with Gasteiger partial charge in [0.25, 0.3) is 0 Å². The van der Waals surface area contributed by atoms with Crippen LogP contribution in [0.15, 0.2) is 59.4 Å². The number of benzene rings is 1. The Balaban J connectivity index is 0.00000106. The number of nitrogens with two attached hydrogens (primary N) is 2. The third kappa shape index (κ3) is 5.21. The number of nitrogens with zero attached hydrogens (tertiary/aromatic N) is 1. The average molecular weight is 305 g/mol. The summed E-state index contributed by atoms with van der Waals surface area (Å²) < 4.78 is 5.13. The molecule has 0 unspecified atom stereocenters. The first-order chi connectivity index (χ1) is 10.2. The first-order valence-corrected chi connectivity index (χ1v) is 7.83. The second-order valence-corrected chi connectivity index (χ2v) is 5.05. The molecular formula is C16H23N3OS. The Labute approximate surface area is 131 Å². The zero-order valence-electron chi connectivity index (χ0n) is 12.7. The first-order valence-electron chi connectivity index (χ1n) is 6.84. The lowest BCUT2D eigenvalue weighted by Gasteiger charge is -2.19. The maximum atomic E-state index is 5.72. The molecule has 1 aliphatic rings. The van der Waals surface area contributed by atoms with E-state index in [2.05, 4.69) is 12.1 Å². The maximum Gasteiger partial charge on any atom is 0.118 e. The number of ether oxygens (including phenoxy) is 1. The monoisotopic (exact) mass is 305 g/mol. The molecule has 4 N–H and O–H groups in total. The Hall–Kier alpha value is -1.85. The predicted octanol–water partition coefficient (Wildman–Crippen LogP) is 3.34. The quantitative estimate of drug-likeness (QED) is 0.835. The average Bonchev–Trinajstić information content (AvgIpc) is 2.56. The highest BCUT2D eigenvalue weighted by molar-refractivity contribution is 8.02. The van der Waals surface area contributed by atoms with Crippen molar-refractivity contribution < 1.29 is 4.74 Å². The minimum absolute atomic E-state index is 0.791. The van der Waals surface area contributed by atoms with Gasteiger partial charge in [0.2, 0.25) is 0 Å². The Morgan fingerprint density at radius 1 is 1.24 bits per heavy atom. The number of methoxy groups -OCH3 is 1. The number of allylic oxidation sites excluding steroid dienone is 2. The summed E-state index contributed by atoms with van der Waals surface area (Å²) in [5, 5.41) is 1.50. The van der Waals surface area contributed by atoms with Gasteiger partial charge in [-0.2, -0.15) is 0 Å². The van der Waals surface area contributed by atoms with E-state index in [4.69, 9.17) is 16.3 Å². The van der Waals surface area contributed by atoms with E-state index in [9.17, 15) is 0 Å². The molecule has 1 aromatic rings. The number of hydrazine groups is 1. The van der Waals surface area contributed by atoms with Crippen LogP contribution in [0.1, 0.15) is 19.4 Å². The predicted molar refractivity (Wildman–Crippen MR) is 91.2 cm³/mol. The molecule has 114 valence electrons. The summed E-state index contributed by atoms with van der Waals surface area (Å²) in [7, 11) is 1.67. The van der Waals surface area contributed by atoms with Crippen molar-refractivity contribution in [3.63, 3.8) is 0 Å². The summed E-state index contributed by atoms with van der Waals surface area (Å²) in [5.41, 5.74) is 7.55. The molecule has 1 aromatic carbocycles. The van der Waals surface area contributed by atoms with Crippen molar-refractivity contribution in [3.8, 4) is 5.75 Å². The van der Waals surface area contributed by atoms with Crippen LogP contribution in [0.25, 0.3) is 0 Å². The fourth-order valence-electron chi connectivity index (χ4n) is 1.62. The van der Waals surface area contributed by atoms with Gasteiger partial charge in [-0.1, -0.05) is 26.0 Å². The van der Waals surface area contributed by atoms with Crippen molar-refractivity contribution in [2.24, 2.45) is 11.6 Å². The summed E-state index contributed by atoms with van der Waals surface area (Å²) in [5.74, 6) is 7.49. The summed E-state index contributed by atoms with van der Waals surface area (Å²) in [6.45, 7) is 4.00. The molecule has 1 aliphatic heterocycles. The molecule has 2 rings (SSSR count). The van der Waals surface area contributed by atoms with Crippen LogP contribution in [-0.2, 0) is 5.75 Å². The van der Waals surface area contributed by atoms with Crippen LogP contribution in [0.2, 0.25) is 0 Å². The van der Waals surface area contributed by atoms with Gasteiger partial charge in [-0.3, -0.25) is 5.01 Å². The minimum Gasteiger partial charge on any atom is -0.497 e. The van der Waals surface area contributed by atoms with Gasteiger partial charge in [-0.05, 0) is 29.8 Å². The van der Waals surface area contributed by atoms with Gasteiger partial charge in [0, 0.05) is 23.1 Å². The smallest absolute Gasteiger partial charge is 0.118 e. The highest BCUT2D eigenvalue weighted by Crippen LogP contribution is 2.27. The second kappa shape index (κ2) is 9.15. The SMILES string of the molecule is CC.COc1ccc(CSC2=C/C(=C/N)N(N)C=C2)cc1. The zero-order valence-corrected chi connectivity index (χ0v) is 13.6. The van der Waals surface area contributed by atoms with E-state index in [-0.39, 0.29) is 0 Å². The molecule has 0 atom stereocenters. The van der Waals surface area contributed by atoms with Crippen LogP contribution < -0.4 is 16.3 Å². The lowest BCUT2D eigenvalue weighted by molar-refractivity contribution is 0.414. The zero-order chi connectivity index (χ0) is 15.7. The van der Waals surface area contributed by atoms with Gasteiger partial charge in [0.05, 0.1) is 12.8 Å². The largest absolute Gasteiger partial charge is 0.497 e. The third-order valence-electron chi connectivity index (χ3n) is 2.72. The number of thioether (sulfide) groups is 1. The van der Waals surface area contributed by atoms with Gasteiger partial charge in [0.1, 0.15) is 5.75 Å². The summed E-state index contributed by atoms with van der Waals surface area (Å²) in [6, 6.07) is 8.06. The molecule has 5 heteroatoms. The van der Waals surface area contributed by atoms with Crippen LogP contribution in [0, 0.1) is 0 Å². The number of hydrogen-bond acceptors (Lipinski definition) is 5. The van der Waals surface area contributed by atoms with Gasteiger partial charge in [0.15, 0.2) is 0 Å². The summed E-state index contributed by atoms with van der Waals surface area (Å²) in [4.78, 5) is 1.13. The molecule has 0 amide bonds. The van der Waals surface area contributed by atoms with E-state index < -0.39 is 0 Å². The van der Waals surface area contributed by atoms with Crippen molar-refractivity contribution in [3.05, 3.63) is 65.0 Å². The summed E-state index contributed by atoms with van der Waals surface area (Å²) in [6.07, 6.45) is 7.24. The highest BCUT2D eigenvalue weighted by atomic mass is 32.2. The Morgan fingerprint density at radius 2 is 1.90 bits per heavy atom. The lowest BCUT2D eigenvalue weighted by Crippen LogP contribution is -2.25. The molecule has 0 aromatic heterocycles. The molecule has 0 saturated carbocycles. The molecule has 0 spiro atoms. The fraction of sp³-hybridized carbons (Fsp3) is 0.250. The molecule has 4 nitrogen and oxygen atoms in total. The standard InChI is InChI=1S/C14H17N3OS.C2H6/c1-18-13-4-2-11(3-5-13)10-19-14-6-7-17(16)12(8-14)9-15;1-2/h2-9H,10,15-16H2,1H3;1-2H3/b12-9-;. The van der Waals surface area contributed by atoms with Crippen LogP contribution >= 0.6 is 11.8 Å². The Kier molecular flexibility index (Phi) is 7.50. The van der Waals surface area contributed by atoms with Crippen molar-refractivity contribution >= 4 is 11.8 Å². The second-order valence-electron chi connectivity index (χ2n) is 4.00. The van der Waals surface area contributed by atoms with E-state index in [1.807, 2.05) is 38.1 Å². The first kappa shape index (κ1) is 17.2. The molecule has 0 fully saturated rings. The normalized spacial score (nSPS) is 15.3. The molecule has 0 bridgehead atoms. The number of rotatable bonds is 4. The third-order valence-corrected chi connectivity index (χ3v) is 3.79. The molecule has 0 saturated heterocycles. The Bertz CT molecular complexity index is 521. The summed E-state index contributed by atoms with van der Waals surface area (Å²) >= 11 is 1.74. The molecule has 0 aliphatic carbocycles. The van der Waals surface area contributed by atoms with Crippen molar-refractivity contribution in [1.29, 1.82) is 0 Å². The van der Waals surface area contributed by atoms with E-state index in [1.54, 1.807) is 25.1 Å². The highest BCUT2D eigenvalue weighted by Gasteiger charge is 2.07. The van der Waals surface area contributed by atoms with Gasteiger partial charge in [-0.25, -0.2) is 5.84 Å². The Morgan fingerprint density at radius 3 is 2.48 bits per heavy atom. The van der Waals surface area contributed by atoms with Crippen molar-refractivity contribution in [1.82, 2.24) is 5.01 Å². The van der Waals surface area contributed by atoms with E-state index in [0.29, 0.717) is 0 Å². The lowest BCUT2D eigenvalue weighted by atomic mass is 10.2. The fourth-order valence-corrected chi connectivity index (χ4v) is 2.51. The van der Waals surface area contributed by atoms with Gasteiger partial charge < -0.3 is 10.5 Å². The van der Waals surface area contributed by atoms with E-state index >= 15 is 0 Å².